The Balaban J connectivity index is 2.27. The Morgan fingerprint density at radius 1 is 1.12 bits per heavy atom. The SMILES string of the molecule is CCCCCCNc1ccnc(NCC)c1. The first-order valence-corrected chi connectivity index (χ1v) is 6.30. The number of aromatic nitrogens is 1. The van der Waals surface area contributed by atoms with Gasteiger partial charge in [0.2, 0.25) is 0 Å². The third kappa shape index (κ3) is 5.01. The summed E-state index contributed by atoms with van der Waals surface area (Å²) in [5.41, 5.74) is 1.16. The molecule has 1 rings (SSSR count). The second-order valence-corrected chi connectivity index (χ2v) is 3.95. The van der Waals surface area contributed by atoms with Gasteiger partial charge in [-0.25, -0.2) is 4.98 Å². The summed E-state index contributed by atoms with van der Waals surface area (Å²) < 4.78 is 0. The van der Waals surface area contributed by atoms with Crippen molar-refractivity contribution in [1.29, 1.82) is 0 Å². The predicted molar refractivity (Wildman–Crippen MR) is 71.0 cm³/mol. The van der Waals surface area contributed by atoms with Crippen molar-refractivity contribution >= 4 is 11.5 Å². The number of nitrogens with zero attached hydrogens (tertiary/aromatic N) is 1. The van der Waals surface area contributed by atoms with Gasteiger partial charge in [0, 0.05) is 31.0 Å². The first-order chi connectivity index (χ1) is 7.86. The van der Waals surface area contributed by atoms with Crippen LogP contribution in [0, 0.1) is 0 Å². The van der Waals surface area contributed by atoms with E-state index in [0.717, 1.165) is 24.6 Å². The van der Waals surface area contributed by atoms with E-state index >= 15 is 0 Å². The Labute approximate surface area is 98.7 Å². The smallest absolute Gasteiger partial charge is 0.127 e. The van der Waals surface area contributed by atoms with Gasteiger partial charge in [-0.3, -0.25) is 0 Å². The molecule has 0 saturated heterocycles. The van der Waals surface area contributed by atoms with Crippen molar-refractivity contribution < 1.29 is 0 Å². The summed E-state index contributed by atoms with van der Waals surface area (Å²) in [7, 11) is 0. The van der Waals surface area contributed by atoms with Gasteiger partial charge in [0.05, 0.1) is 0 Å². The highest BCUT2D eigenvalue weighted by Gasteiger charge is 1.95. The van der Waals surface area contributed by atoms with E-state index in [1.165, 1.54) is 25.7 Å². The number of hydrogen-bond acceptors (Lipinski definition) is 3. The first kappa shape index (κ1) is 12.8. The summed E-state index contributed by atoms with van der Waals surface area (Å²) in [6.07, 6.45) is 7.02. The molecule has 0 aliphatic carbocycles. The van der Waals surface area contributed by atoms with Gasteiger partial charge >= 0.3 is 0 Å². The molecule has 0 aliphatic heterocycles. The zero-order valence-electron chi connectivity index (χ0n) is 10.4. The molecule has 0 amide bonds. The molecule has 0 bridgehead atoms. The molecule has 3 nitrogen and oxygen atoms in total. The average molecular weight is 221 g/mol. The van der Waals surface area contributed by atoms with Gasteiger partial charge in [0.15, 0.2) is 0 Å². The lowest BCUT2D eigenvalue weighted by Gasteiger charge is -2.08. The molecule has 2 N–H and O–H groups in total. The maximum Gasteiger partial charge on any atom is 0.127 e. The van der Waals surface area contributed by atoms with Crippen molar-refractivity contribution in [2.24, 2.45) is 0 Å². The molecule has 0 spiro atoms. The zero-order valence-corrected chi connectivity index (χ0v) is 10.4. The Morgan fingerprint density at radius 2 is 2.00 bits per heavy atom. The highest BCUT2D eigenvalue weighted by molar-refractivity contribution is 5.51. The van der Waals surface area contributed by atoms with Crippen LogP contribution in [0.4, 0.5) is 11.5 Å². The Kier molecular flexibility index (Phi) is 6.38. The summed E-state index contributed by atoms with van der Waals surface area (Å²) in [6, 6.07) is 4.07. The number of nitrogens with one attached hydrogen (secondary N) is 2. The Hall–Kier alpha value is -1.25. The fourth-order valence-electron chi connectivity index (χ4n) is 1.60. The Morgan fingerprint density at radius 3 is 2.75 bits per heavy atom. The van der Waals surface area contributed by atoms with Crippen molar-refractivity contribution in [3.8, 4) is 0 Å². The van der Waals surface area contributed by atoms with Crippen LogP contribution in [-0.4, -0.2) is 18.1 Å². The molecule has 0 radical (unpaired) electrons. The molecule has 1 aromatic rings. The molecule has 0 aliphatic rings. The minimum atomic E-state index is 0.910. The van der Waals surface area contributed by atoms with E-state index in [0.29, 0.717) is 0 Å². The number of hydrogen-bond donors (Lipinski definition) is 2. The number of pyridine rings is 1. The lowest BCUT2D eigenvalue weighted by molar-refractivity contribution is 0.685. The summed E-state index contributed by atoms with van der Waals surface area (Å²) in [5, 5.41) is 6.63. The van der Waals surface area contributed by atoms with Crippen LogP contribution in [0.2, 0.25) is 0 Å². The molecule has 16 heavy (non-hydrogen) atoms. The van der Waals surface area contributed by atoms with E-state index in [1.807, 2.05) is 12.3 Å². The standard InChI is InChI=1S/C13H23N3/c1-3-5-6-7-9-15-12-8-10-16-13(11-12)14-4-2/h8,10-11H,3-7,9H2,1-2H3,(H2,14,15,16). The monoisotopic (exact) mass is 221 g/mol. The number of rotatable bonds is 8. The minimum Gasteiger partial charge on any atom is -0.385 e. The van der Waals surface area contributed by atoms with E-state index < -0.39 is 0 Å². The summed E-state index contributed by atoms with van der Waals surface area (Å²) in [6.45, 7) is 6.27. The molecule has 0 unspecified atom stereocenters. The third-order valence-corrected chi connectivity index (χ3v) is 2.48. The van der Waals surface area contributed by atoms with Gasteiger partial charge in [-0.1, -0.05) is 26.2 Å². The maximum absolute atomic E-state index is 4.24. The summed E-state index contributed by atoms with van der Waals surface area (Å²) in [4.78, 5) is 4.24. The molecular weight excluding hydrogens is 198 g/mol. The number of unbranched alkanes of at least 4 members (excludes halogenated alkanes) is 3. The van der Waals surface area contributed by atoms with Crippen LogP contribution < -0.4 is 10.6 Å². The largest absolute Gasteiger partial charge is 0.385 e. The van der Waals surface area contributed by atoms with Crippen molar-refractivity contribution in [3.05, 3.63) is 18.3 Å². The highest BCUT2D eigenvalue weighted by atomic mass is 15.0. The lowest BCUT2D eigenvalue weighted by Crippen LogP contribution is -2.03. The Bertz CT molecular complexity index is 286. The second-order valence-electron chi connectivity index (χ2n) is 3.95. The summed E-state index contributed by atoms with van der Waals surface area (Å²) >= 11 is 0. The van der Waals surface area contributed by atoms with Crippen LogP contribution in [0.25, 0.3) is 0 Å². The van der Waals surface area contributed by atoms with E-state index in [9.17, 15) is 0 Å². The normalized spacial score (nSPS) is 10.1. The van der Waals surface area contributed by atoms with Crippen molar-refractivity contribution in [2.45, 2.75) is 39.5 Å². The van der Waals surface area contributed by atoms with Gasteiger partial charge in [-0.05, 0) is 19.4 Å². The quantitative estimate of drug-likeness (QED) is 0.660. The van der Waals surface area contributed by atoms with Crippen LogP contribution in [0.5, 0.6) is 0 Å². The van der Waals surface area contributed by atoms with Crippen molar-refractivity contribution in [1.82, 2.24) is 4.98 Å². The van der Waals surface area contributed by atoms with Gasteiger partial charge in [-0.2, -0.15) is 0 Å². The highest BCUT2D eigenvalue weighted by Crippen LogP contribution is 2.11. The van der Waals surface area contributed by atoms with Crippen LogP contribution in [0.1, 0.15) is 39.5 Å². The molecule has 3 heteroatoms. The topological polar surface area (TPSA) is 37.0 Å². The van der Waals surface area contributed by atoms with Crippen molar-refractivity contribution in [3.63, 3.8) is 0 Å². The second kappa shape index (κ2) is 7.97. The van der Waals surface area contributed by atoms with Crippen LogP contribution in [0.3, 0.4) is 0 Å². The molecule has 1 aromatic heterocycles. The van der Waals surface area contributed by atoms with Crippen LogP contribution in [0.15, 0.2) is 18.3 Å². The first-order valence-electron chi connectivity index (χ1n) is 6.30. The molecule has 0 saturated carbocycles. The van der Waals surface area contributed by atoms with E-state index in [-0.39, 0.29) is 0 Å². The third-order valence-electron chi connectivity index (χ3n) is 2.48. The van der Waals surface area contributed by atoms with Crippen molar-refractivity contribution in [2.75, 3.05) is 23.7 Å². The predicted octanol–water partition coefficient (Wildman–Crippen LogP) is 3.51. The maximum atomic E-state index is 4.24. The lowest BCUT2D eigenvalue weighted by atomic mass is 10.2. The van der Waals surface area contributed by atoms with Gasteiger partial charge in [0.25, 0.3) is 0 Å². The molecular formula is C13H23N3. The molecule has 0 fully saturated rings. The molecule has 0 atom stereocenters. The van der Waals surface area contributed by atoms with Gasteiger partial charge < -0.3 is 10.6 Å². The number of anilines is 2. The minimum absolute atomic E-state index is 0.910. The molecule has 1 heterocycles. The average Bonchev–Trinajstić information content (AvgIpc) is 2.30. The van der Waals surface area contributed by atoms with Gasteiger partial charge in [-0.15, -0.1) is 0 Å². The van der Waals surface area contributed by atoms with Crippen LogP contribution >= 0.6 is 0 Å². The fraction of sp³-hybridized carbons (Fsp3) is 0.615. The van der Waals surface area contributed by atoms with E-state index in [1.54, 1.807) is 0 Å². The van der Waals surface area contributed by atoms with E-state index in [2.05, 4.69) is 35.5 Å². The van der Waals surface area contributed by atoms with E-state index in [4.69, 9.17) is 0 Å². The molecule has 90 valence electrons. The van der Waals surface area contributed by atoms with Crippen LogP contribution in [-0.2, 0) is 0 Å². The van der Waals surface area contributed by atoms with Gasteiger partial charge in [0.1, 0.15) is 5.82 Å². The summed E-state index contributed by atoms with van der Waals surface area (Å²) in [5.74, 6) is 0.945. The fourth-order valence-corrected chi connectivity index (χ4v) is 1.60. The zero-order chi connectivity index (χ0) is 11.6. The molecule has 0 aromatic carbocycles.